The summed E-state index contributed by atoms with van der Waals surface area (Å²) in [5.74, 6) is 1.26. The number of aliphatic hydroxyl groups is 1. The highest BCUT2D eigenvalue weighted by Gasteiger charge is 2.30. The highest BCUT2D eigenvalue weighted by Crippen LogP contribution is 2.33. The Morgan fingerprint density at radius 3 is 2.08 bits per heavy atom. The summed E-state index contributed by atoms with van der Waals surface area (Å²) in [5.41, 5.74) is 1.44. The predicted molar refractivity (Wildman–Crippen MR) is 142 cm³/mol. The van der Waals surface area contributed by atoms with Gasteiger partial charge >= 0.3 is 0 Å². The number of sulfonamides is 1. The minimum Gasteiger partial charge on any atom is -0.495 e. The molecule has 192 valence electrons. The van der Waals surface area contributed by atoms with Crippen molar-refractivity contribution in [2.45, 2.75) is 11.0 Å². The van der Waals surface area contributed by atoms with Crippen LogP contribution >= 0.6 is 0 Å². The molecule has 4 rings (SSSR count). The van der Waals surface area contributed by atoms with E-state index >= 15 is 0 Å². The lowest BCUT2D eigenvalue weighted by Gasteiger charge is -2.38. The van der Waals surface area contributed by atoms with E-state index in [0.717, 1.165) is 37.6 Å². The van der Waals surface area contributed by atoms with Gasteiger partial charge in [-0.15, -0.1) is 0 Å². The fourth-order valence-corrected chi connectivity index (χ4v) is 6.02. The van der Waals surface area contributed by atoms with Crippen molar-refractivity contribution in [3.05, 3.63) is 78.9 Å². The van der Waals surface area contributed by atoms with E-state index in [1.807, 2.05) is 24.3 Å². The number of benzene rings is 3. The van der Waals surface area contributed by atoms with E-state index in [2.05, 4.69) is 9.80 Å². The van der Waals surface area contributed by atoms with Gasteiger partial charge in [0.2, 0.25) is 0 Å². The van der Waals surface area contributed by atoms with Crippen LogP contribution < -0.4 is 18.7 Å². The first-order valence-electron chi connectivity index (χ1n) is 11.9. The van der Waals surface area contributed by atoms with Crippen LogP contribution in [-0.2, 0) is 10.0 Å². The second-order valence-electron chi connectivity index (χ2n) is 8.63. The molecular formula is C27H33N3O5S. The number of methoxy groups -OCH3 is 2. The second-order valence-corrected chi connectivity index (χ2v) is 10.5. The minimum atomic E-state index is -3.92. The Morgan fingerprint density at radius 1 is 0.833 bits per heavy atom. The maximum Gasteiger partial charge on any atom is 0.264 e. The molecule has 1 saturated heterocycles. The Hall–Kier alpha value is -3.27. The molecule has 3 aromatic carbocycles. The quantitative estimate of drug-likeness (QED) is 0.448. The normalized spacial score (nSPS) is 15.4. The smallest absolute Gasteiger partial charge is 0.264 e. The lowest BCUT2D eigenvalue weighted by molar-refractivity contribution is 0.115. The lowest BCUT2D eigenvalue weighted by atomic mass is 10.2. The number of hydrogen-bond donors (Lipinski definition) is 1. The maximum atomic E-state index is 13.6. The zero-order valence-corrected chi connectivity index (χ0v) is 21.5. The van der Waals surface area contributed by atoms with Crippen molar-refractivity contribution in [3.8, 4) is 11.5 Å². The van der Waals surface area contributed by atoms with Gasteiger partial charge < -0.3 is 19.5 Å². The largest absolute Gasteiger partial charge is 0.495 e. The molecule has 1 aliphatic rings. The molecule has 1 N–H and O–H groups in total. The molecule has 1 atom stereocenters. The monoisotopic (exact) mass is 511 g/mol. The molecule has 0 spiro atoms. The zero-order chi connectivity index (χ0) is 25.5. The van der Waals surface area contributed by atoms with Gasteiger partial charge in [0.05, 0.1) is 43.1 Å². The second kappa shape index (κ2) is 11.6. The number of anilines is 2. The van der Waals surface area contributed by atoms with Gasteiger partial charge in [0.25, 0.3) is 10.0 Å². The fourth-order valence-electron chi connectivity index (χ4n) is 4.49. The molecule has 36 heavy (non-hydrogen) atoms. The number of ether oxygens (including phenoxy) is 2. The number of para-hydroxylation sites is 4. The van der Waals surface area contributed by atoms with Crippen LogP contribution in [0.4, 0.5) is 11.4 Å². The van der Waals surface area contributed by atoms with Crippen LogP contribution in [0.5, 0.6) is 11.5 Å². The molecule has 0 radical (unpaired) electrons. The highest BCUT2D eigenvalue weighted by atomic mass is 32.2. The van der Waals surface area contributed by atoms with Gasteiger partial charge in [-0.3, -0.25) is 9.21 Å². The third-order valence-electron chi connectivity index (χ3n) is 6.33. The first-order chi connectivity index (χ1) is 17.4. The standard InChI is InChI=1S/C27H33N3O5S/c1-34-26-14-8-6-12-24(26)29-18-16-28(17-19-29)20-22(31)21-30(25-13-7-9-15-27(25)35-2)36(32,33)23-10-4-3-5-11-23/h3-15,22,31H,16-21H2,1-2H3. The molecule has 0 saturated carbocycles. The van der Waals surface area contributed by atoms with Crippen LogP contribution in [0.15, 0.2) is 83.8 Å². The molecule has 1 aliphatic heterocycles. The number of hydrogen-bond acceptors (Lipinski definition) is 7. The van der Waals surface area contributed by atoms with Crippen LogP contribution in [0.3, 0.4) is 0 Å². The zero-order valence-electron chi connectivity index (χ0n) is 20.7. The summed E-state index contributed by atoms with van der Waals surface area (Å²) < 4.78 is 39.4. The molecule has 9 heteroatoms. The summed E-state index contributed by atoms with van der Waals surface area (Å²) in [5, 5.41) is 11.0. The number of piperazine rings is 1. The topological polar surface area (TPSA) is 82.5 Å². The fraction of sp³-hybridized carbons (Fsp3) is 0.333. The molecule has 0 aliphatic carbocycles. The summed E-state index contributed by atoms with van der Waals surface area (Å²) in [7, 11) is -0.750. The van der Waals surface area contributed by atoms with Gasteiger partial charge in [-0.05, 0) is 36.4 Å². The van der Waals surface area contributed by atoms with E-state index in [9.17, 15) is 13.5 Å². The Kier molecular flexibility index (Phi) is 8.35. The van der Waals surface area contributed by atoms with Crippen LogP contribution in [0.2, 0.25) is 0 Å². The third kappa shape index (κ3) is 5.75. The third-order valence-corrected chi connectivity index (χ3v) is 8.12. The van der Waals surface area contributed by atoms with Gasteiger partial charge in [0.1, 0.15) is 11.5 Å². The van der Waals surface area contributed by atoms with E-state index in [1.54, 1.807) is 61.7 Å². The van der Waals surface area contributed by atoms with E-state index in [-0.39, 0.29) is 11.4 Å². The van der Waals surface area contributed by atoms with Crippen LogP contribution in [-0.4, -0.2) is 78.0 Å². The summed E-state index contributed by atoms with van der Waals surface area (Å²) in [6.45, 7) is 3.32. The van der Waals surface area contributed by atoms with E-state index < -0.39 is 16.1 Å². The summed E-state index contributed by atoms with van der Waals surface area (Å²) >= 11 is 0. The predicted octanol–water partition coefficient (Wildman–Crippen LogP) is 3.08. The number of β-amino-alcohol motifs (C(OH)–C–C–N with tert-alkyl or cyclic N) is 1. The van der Waals surface area contributed by atoms with Crippen molar-refractivity contribution >= 4 is 21.4 Å². The van der Waals surface area contributed by atoms with E-state index in [1.165, 1.54) is 11.4 Å². The summed E-state index contributed by atoms with van der Waals surface area (Å²) in [4.78, 5) is 4.59. The molecule has 1 heterocycles. The van der Waals surface area contributed by atoms with E-state index in [0.29, 0.717) is 18.0 Å². The van der Waals surface area contributed by atoms with Gasteiger partial charge in [-0.2, -0.15) is 0 Å². The van der Waals surface area contributed by atoms with Crippen molar-refractivity contribution in [2.75, 3.05) is 62.7 Å². The Labute approximate surface area is 213 Å². The number of aliphatic hydroxyl groups excluding tert-OH is 1. The first-order valence-corrected chi connectivity index (χ1v) is 13.4. The minimum absolute atomic E-state index is 0.0929. The van der Waals surface area contributed by atoms with Crippen LogP contribution in [0, 0.1) is 0 Å². The molecule has 8 nitrogen and oxygen atoms in total. The first kappa shape index (κ1) is 25.8. The van der Waals surface area contributed by atoms with Crippen LogP contribution in [0.1, 0.15) is 0 Å². The van der Waals surface area contributed by atoms with Crippen molar-refractivity contribution < 1.29 is 23.0 Å². The van der Waals surface area contributed by atoms with Crippen molar-refractivity contribution in [3.63, 3.8) is 0 Å². The summed E-state index contributed by atoms with van der Waals surface area (Å²) in [6.07, 6.45) is -0.897. The number of rotatable bonds is 10. The highest BCUT2D eigenvalue weighted by molar-refractivity contribution is 7.92. The molecular weight excluding hydrogens is 478 g/mol. The molecule has 0 amide bonds. The van der Waals surface area contributed by atoms with E-state index in [4.69, 9.17) is 9.47 Å². The molecule has 0 aromatic heterocycles. The molecule has 0 bridgehead atoms. The Balaban J connectivity index is 1.48. The van der Waals surface area contributed by atoms with Crippen molar-refractivity contribution in [1.29, 1.82) is 0 Å². The van der Waals surface area contributed by atoms with Gasteiger partial charge in [0, 0.05) is 32.7 Å². The molecule has 1 unspecified atom stereocenters. The average molecular weight is 512 g/mol. The van der Waals surface area contributed by atoms with Crippen LogP contribution in [0.25, 0.3) is 0 Å². The SMILES string of the molecule is COc1ccccc1N1CCN(CC(O)CN(c2ccccc2OC)S(=O)(=O)c2ccccc2)CC1. The summed E-state index contributed by atoms with van der Waals surface area (Å²) in [6, 6.07) is 23.1. The van der Waals surface area contributed by atoms with Gasteiger partial charge in [0.15, 0.2) is 0 Å². The van der Waals surface area contributed by atoms with Crippen molar-refractivity contribution in [1.82, 2.24) is 4.90 Å². The average Bonchev–Trinajstić information content (AvgIpc) is 2.92. The number of nitrogens with zero attached hydrogens (tertiary/aromatic N) is 3. The van der Waals surface area contributed by atoms with Crippen molar-refractivity contribution in [2.24, 2.45) is 0 Å². The maximum absolute atomic E-state index is 13.6. The Morgan fingerprint density at radius 2 is 1.42 bits per heavy atom. The van der Waals surface area contributed by atoms with Gasteiger partial charge in [-0.25, -0.2) is 8.42 Å². The van der Waals surface area contributed by atoms with Gasteiger partial charge in [-0.1, -0.05) is 42.5 Å². The lowest BCUT2D eigenvalue weighted by Crippen LogP contribution is -2.50. The molecule has 3 aromatic rings. The Bertz CT molecular complexity index is 1230. The molecule has 1 fully saturated rings.